The second-order valence-electron chi connectivity index (χ2n) is 7.05. The molecule has 2 aliphatic rings. The highest BCUT2D eigenvalue weighted by Gasteiger charge is 2.21. The first-order chi connectivity index (χ1) is 12.3. The average Bonchev–Trinajstić information content (AvgIpc) is 3.30. The molecule has 2 aromatic rings. The van der Waals surface area contributed by atoms with Crippen molar-refractivity contribution < 1.29 is 9.47 Å². The molecular weight excluding hydrogens is 314 g/mol. The highest BCUT2D eigenvalue weighted by molar-refractivity contribution is 5.88. The lowest BCUT2D eigenvalue weighted by molar-refractivity contribution is 0.135. The van der Waals surface area contributed by atoms with E-state index in [1.165, 1.54) is 48.0 Å². The molecule has 134 valence electrons. The standard InChI is InChI=1S/C20H27N3O2/c1-14-10-15-16-12-24-13-17(16)20(21-2)22-18(15)11-19(14)25-9-5-8-23-6-3-4-7-23/h10-11H,3-9,12-13H2,1-2H3,(H,21,22). The van der Waals surface area contributed by atoms with Crippen LogP contribution in [0.5, 0.6) is 5.75 Å². The molecule has 0 aliphatic carbocycles. The van der Waals surface area contributed by atoms with Crippen LogP contribution in [-0.2, 0) is 18.0 Å². The summed E-state index contributed by atoms with van der Waals surface area (Å²) >= 11 is 0. The second kappa shape index (κ2) is 7.18. The molecule has 1 aromatic carbocycles. The largest absolute Gasteiger partial charge is 0.493 e. The van der Waals surface area contributed by atoms with Crippen LogP contribution in [0.4, 0.5) is 5.82 Å². The number of hydrogen-bond donors (Lipinski definition) is 1. The minimum absolute atomic E-state index is 0.641. The van der Waals surface area contributed by atoms with Crippen LogP contribution in [0.1, 0.15) is 36.0 Å². The van der Waals surface area contributed by atoms with Gasteiger partial charge in [0.2, 0.25) is 0 Å². The molecule has 1 aromatic heterocycles. The molecule has 0 saturated carbocycles. The fourth-order valence-electron chi connectivity index (χ4n) is 3.92. The molecule has 0 amide bonds. The first-order valence-corrected chi connectivity index (χ1v) is 9.33. The second-order valence-corrected chi connectivity index (χ2v) is 7.05. The van der Waals surface area contributed by atoms with Crippen molar-refractivity contribution in [2.75, 3.05) is 38.6 Å². The lowest BCUT2D eigenvalue weighted by Crippen LogP contribution is -2.22. The Morgan fingerprint density at radius 3 is 2.80 bits per heavy atom. The highest BCUT2D eigenvalue weighted by Crippen LogP contribution is 2.35. The van der Waals surface area contributed by atoms with Crippen LogP contribution in [0.3, 0.4) is 0 Å². The van der Waals surface area contributed by atoms with Crippen molar-refractivity contribution in [3.63, 3.8) is 0 Å². The van der Waals surface area contributed by atoms with Gasteiger partial charge >= 0.3 is 0 Å². The van der Waals surface area contributed by atoms with E-state index in [2.05, 4.69) is 29.3 Å². The summed E-state index contributed by atoms with van der Waals surface area (Å²) in [5.74, 6) is 1.87. The molecule has 0 spiro atoms. The Balaban J connectivity index is 1.51. The van der Waals surface area contributed by atoms with E-state index >= 15 is 0 Å². The van der Waals surface area contributed by atoms with Gasteiger partial charge in [0, 0.05) is 30.6 Å². The molecule has 0 atom stereocenters. The summed E-state index contributed by atoms with van der Waals surface area (Å²) in [5, 5.41) is 4.39. The van der Waals surface area contributed by atoms with Crippen molar-refractivity contribution in [1.29, 1.82) is 0 Å². The van der Waals surface area contributed by atoms with Gasteiger partial charge in [0.1, 0.15) is 11.6 Å². The van der Waals surface area contributed by atoms with E-state index in [1.54, 1.807) is 0 Å². The van der Waals surface area contributed by atoms with Crippen molar-refractivity contribution in [2.24, 2.45) is 0 Å². The lowest BCUT2D eigenvalue weighted by Gasteiger charge is -2.16. The van der Waals surface area contributed by atoms with Crippen molar-refractivity contribution in [2.45, 2.75) is 39.4 Å². The number of aryl methyl sites for hydroxylation is 1. The van der Waals surface area contributed by atoms with E-state index in [1.807, 2.05) is 7.05 Å². The number of rotatable bonds is 6. The fourth-order valence-corrected chi connectivity index (χ4v) is 3.92. The van der Waals surface area contributed by atoms with Crippen molar-refractivity contribution >= 4 is 16.7 Å². The molecule has 0 unspecified atom stereocenters. The number of likely N-dealkylation sites (tertiary alicyclic amines) is 1. The molecule has 25 heavy (non-hydrogen) atoms. The van der Waals surface area contributed by atoms with E-state index in [9.17, 15) is 0 Å². The molecule has 4 rings (SSSR count). The third kappa shape index (κ3) is 3.31. The normalized spacial score (nSPS) is 17.2. The summed E-state index contributed by atoms with van der Waals surface area (Å²) < 4.78 is 11.7. The van der Waals surface area contributed by atoms with E-state index in [0.717, 1.165) is 36.7 Å². The molecule has 1 N–H and O–H groups in total. The van der Waals surface area contributed by atoms with Gasteiger partial charge in [-0.15, -0.1) is 0 Å². The Bertz CT molecular complexity index is 769. The number of fused-ring (bicyclic) bond motifs is 3. The molecule has 5 nitrogen and oxygen atoms in total. The lowest BCUT2D eigenvalue weighted by atomic mass is 10.0. The maximum absolute atomic E-state index is 6.08. The van der Waals surface area contributed by atoms with E-state index < -0.39 is 0 Å². The van der Waals surface area contributed by atoms with Gasteiger partial charge < -0.3 is 19.7 Å². The molecule has 1 fully saturated rings. The zero-order valence-electron chi connectivity index (χ0n) is 15.2. The SMILES string of the molecule is CNc1nc2cc(OCCCN3CCCC3)c(C)cc2c2c1COC2. The van der Waals surface area contributed by atoms with E-state index in [4.69, 9.17) is 14.5 Å². The van der Waals surface area contributed by atoms with Crippen molar-refractivity contribution in [3.8, 4) is 5.75 Å². The van der Waals surface area contributed by atoms with Crippen LogP contribution in [0.15, 0.2) is 12.1 Å². The van der Waals surface area contributed by atoms with Gasteiger partial charge in [-0.2, -0.15) is 0 Å². The number of nitrogens with zero attached hydrogens (tertiary/aromatic N) is 2. The summed E-state index contributed by atoms with van der Waals surface area (Å²) in [4.78, 5) is 7.31. The Labute approximate surface area is 149 Å². The summed E-state index contributed by atoms with van der Waals surface area (Å²) in [6.07, 6.45) is 3.76. The topological polar surface area (TPSA) is 46.6 Å². The van der Waals surface area contributed by atoms with Gasteiger partial charge in [-0.25, -0.2) is 4.98 Å². The Hall–Kier alpha value is -1.85. The van der Waals surface area contributed by atoms with Gasteiger partial charge in [0.25, 0.3) is 0 Å². The number of nitrogens with one attached hydrogen (secondary N) is 1. The molecule has 1 saturated heterocycles. The smallest absolute Gasteiger partial charge is 0.132 e. The highest BCUT2D eigenvalue weighted by atomic mass is 16.5. The third-order valence-corrected chi connectivity index (χ3v) is 5.31. The quantitative estimate of drug-likeness (QED) is 0.815. The van der Waals surface area contributed by atoms with Crippen molar-refractivity contribution in [3.05, 3.63) is 28.8 Å². The Kier molecular flexibility index (Phi) is 4.77. The van der Waals surface area contributed by atoms with E-state index in [-0.39, 0.29) is 0 Å². The summed E-state index contributed by atoms with van der Waals surface area (Å²) in [5.41, 5.74) is 4.60. The van der Waals surface area contributed by atoms with Crippen LogP contribution in [0, 0.1) is 6.92 Å². The summed E-state index contributed by atoms with van der Waals surface area (Å²) in [6, 6.07) is 4.28. The van der Waals surface area contributed by atoms with E-state index in [0.29, 0.717) is 13.2 Å². The number of aromatic nitrogens is 1. The maximum atomic E-state index is 6.08. The monoisotopic (exact) mass is 341 g/mol. The van der Waals surface area contributed by atoms with Crippen LogP contribution in [0.25, 0.3) is 10.9 Å². The molecule has 2 aliphatic heterocycles. The predicted molar refractivity (Wildman–Crippen MR) is 100 cm³/mol. The minimum atomic E-state index is 0.641. The van der Waals surface area contributed by atoms with Gasteiger partial charge in [-0.1, -0.05) is 0 Å². The van der Waals surface area contributed by atoms with Gasteiger partial charge in [-0.3, -0.25) is 0 Å². The fraction of sp³-hybridized carbons (Fsp3) is 0.550. The van der Waals surface area contributed by atoms with Crippen LogP contribution >= 0.6 is 0 Å². The minimum Gasteiger partial charge on any atom is -0.493 e. The van der Waals surface area contributed by atoms with Crippen LogP contribution in [-0.4, -0.2) is 43.2 Å². The van der Waals surface area contributed by atoms with Gasteiger partial charge in [0.15, 0.2) is 0 Å². The molecule has 0 bridgehead atoms. The molecule has 3 heterocycles. The third-order valence-electron chi connectivity index (χ3n) is 5.31. The Morgan fingerprint density at radius 1 is 1.20 bits per heavy atom. The zero-order chi connectivity index (χ0) is 17.2. The van der Waals surface area contributed by atoms with Gasteiger partial charge in [0.05, 0.1) is 25.3 Å². The molecular formula is C20H27N3O2. The number of benzene rings is 1. The molecule has 5 heteroatoms. The number of pyridine rings is 1. The predicted octanol–water partition coefficient (Wildman–Crippen LogP) is 3.48. The Morgan fingerprint density at radius 2 is 2.00 bits per heavy atom. The zero-order valence-corrected chi connectivity index (χ0v) is 15.2. The van der Waals surface area contributed by atoms with Crippen LogP contribution in [0.2, 0.25) is 0 Å². The van der Waals surface area contributed by atoms with Crippen LogP contribution < -0.4 is 10.1 Å². The number of anilines is 1. The summed E-state index contributed by atoms with van der Waals surface area (Å²) in [7, 11) is 1.91. The maximum Gasteiger partial charge on any atom is 0.132 e. The molecule has 0 radical (unpaired) electrons. The summed E-state index contributed by atoms with van der Waals surface area (Å²) in [6.45, 7) is 7.82. The first kappa shape index (κ1) is 16.6. The van der Waals surface area contributed by atoms with Gasteiger partial charge in [-0.05, 0) is 56.5 Å². The number of ether oxygens (including phenoxy) is 2. The van der Waals surface area contributed by atoms with Crippen molar-refractivity contribution in [1.82, 2.24) is 9.88 Å². The number of hydrogen-bond acceptors (Lipinski definition) is 5. The first-order valence-electron chi connectivity index (χ1n) is 9.33. The average molecular weight is 341 g/mol.